The number of rotatable bonds is 3. The summed E-state index contributed by atoms with van der Waals surface area (Å²) in [6.07, 6.45) is 5.06. The molecule has 0 saturated carbocycles. The normalized spacial score (nSPS) is 10.4. The number of hydrogen-bond acceptors (Lipinski definition) is 3. The van der Waals surface area contributed by atoms with E-state index in [1.54, 1.807) is 23.3 Å². The van der Waals surface area contributed by atoms with Crippen LogP contribution in [0.5, 0.6) is 11.6 Å². The van der Waals surface area contributed by atoms with E-state index in [4.69, 9.17) is 16.3 Å². The zero-order chi connectivity index (χ0) is 11.5. The quantitative estimate of drug-likeness (QED) is 0.818. The number of aryl methyl sites for hydroxylation is 1. The molecule has 0 saturated heterocycles. The predicted molar refractivity (Wildman–Crippen MR) is 64.8 cm³/mol. The van der Waals surface area contributed by atoms with Gasteiger partial charge in [0.2, 0.25) is 5.88 Å². The lowest BCUT2D eigenvalue weighted by Gasteiger charge is -2.06. The summed E-state index contributed by atoms with van der Waals surface area (Å²) in [5.41, 5.74) is 0.833. The molecule has 0 radical (unpaired) electrons. The summed E-state index contributed by atoms with van der Waals surface area (Å²) in [5.74, 6) is 1.50. The number of ether oxygens (including phenoxy) is 1. The number of nitrogens with zero attached hydrogens (tertiary/aromatic N) is 3. The van der Waals surface area contributed by atoms with E-state index in [9.17, 15) is 0 Å². The third-order valence-electron chi connectivity index (χ3n) is 1.93. The Bertz CT molecular complexity index is 501. The fourth-order valence-corrected chi connectivity index (χ4v) is 1.79. The summed E-state index contributed by atoms with van der Waals surface area (Å²) in [6, 6.07) is 1.88. The molecule has 0 aliphatic heterocycles. The lowest BCUT2D eigenvalue weighted by molar-refractivity contribution is 0.457. The van der Waals surface area contributed by atoms with Crippen LogP contribution in [0.2, 0.25) is 0 Å². The van der Waals surface area contributed by atoms with E-state index in [1.807, 2.05) is 13.1 Å². The molecule has 2 aromatic rings. The minimum atomic E-state index is 0.349. The van der Waals surface area contributed by atoms with Crippen LogP contribution in [0.3, 0.4) is 0 Å². The monoisotopic (exact) mass is 301 g/mol. The van der Waals surface area contributed by atoms with Crippen molar-refractivity contribution in [3.63, 3.8) is 0 Å². The molecule has 0 fully saturated rings. The Morgan fingerprint density at radius 3 is 2.94 bits per heavy atom. The van der Waals surface area contributed by atoms with E-state index in [0.29, 0.717) is 17.5 Å². The van der Waals surface area contributed by atoms with Crippen LogP contribution in [-0.2, 0) is 12.9 Å². The van der Waals surface area contributed by atoms with Gasteiger partial charge in [0.1, 0.15) is 0 Å². The Morgan fingerprint density at radius 2 is 2.31 bits per heavy atom. The van der Waals surface area contributed by atoms with Crippen molar-refractivity contribution in [2.45, 2.75) is 5.88 Å². The van der Waals surface area contributed by atoms with Crippen LogP contribution in [0, 0.1) is 0 Å². The number of halogens is 2. The van der Waals surface area contributed by atoms with Gasteiger partial charge < -0.3 is 4.74 Å². The maximum Gasteiger partial charge on any atom is 0.223 e. The summed E-state index contributed by atoms with van der Waals surface area (Å²) in [5, 5.41) is 4.01. The first-order chi connectivity index (χ1) is 7.69. The molecule has 2 aromatic heterocycles. The number of hydrogen-bond donors (Lipinski definition) is 0. The molecule has 0 spiro atoms. The fraction of sp³-hybridized carbons (Fsp3) is 0.200. The minimum absolute atomic E-state index is 0.349. The average molecular weight is 303 g/mol. The van der Waals surface area contributed by atoms with Gasteiger partial charge in [-0.25, -0.2) is 4.98 Å². The van der Waals surface area contributed by atoms with Crippen molar-refractivity contribution >= 4 is 27.5 Å². The molecular formula is C10H9BrClN3O. The molecule has 2 rings (SSSR count). The van der Waals surface area contributed by atoms with Gasteiger partial charge in [0, 0.05) is 23.3 Å². The van der Waals surface area contributed by atoms with Crippen LogP contribution in [0.1, 0.15) is 5.56 Å². The lowest BCUT2D eigenvalue weighted by Crippen LogP contribution is -1.92. The van der Waals surface area contributed by atoms with Gasteiger partial charge in [0.25, 0.3) is 0 Å². The maximum absolute atomic E-state index is 5.81. The van der Waals surface area contributed by atoms with E-state index in [-0.39, 0.29) is 0 Å². The van der Waals surface area contributed by atoms with Crippen molar-refractivity contribution in [1.29, 1.82) is 0 Å². The standard InChI is InChI=1S/C10H9BrClN3O/c1-15-6-9(5-14-15)16-10-7(3-12)2-8(11)4-13-10/h2,4-6H,3H2,1H3. The Morgan fingerprint density at radius 1 is 1.50 bits per heavy atom. The van der Waals surface area contributed by atoms with E-state index in [0.717, 1.165) is 10.0 Å². The van der Waals surface area contributed by atoms with Crippen LogP contribution >= 0.6 is 27.5 Å². The highest BCUT2D eigenvalue weighted by Crippen LogP contribution is 2.26. The van der Waals surface area contributed by atoms with Crippen molar-refractivity contribution in [3.05, 3.63) is 34.7 Å². The molecule has 4 nitrogen and oxygen atoms in total. The van der Waals surface area contributed by atoms with Crippen LogP contribution in [0.15, 0.2) is 29.1 Å². The molecule has 0 aliphatic carbocycles. The largest absolute Gasteiger partial charge is 0.435 e. The smallest absolute Gasteiger partial charge is 0.223 e. The Labute approximate surface area is 106 Å². The van der Waals surface area contributed by atoms with E-state index in [1.165, 1.54) is 0 Å². The zero-order valence-electron chi connectivity index (χ0n) is 8.52. The van der Waals surface area contributed by atoms with Gasteiger partial charge in [-0.2, -0.15) is 5.10 Å². The third kappa shape index (κ3) is 2.54. The zero-order valence-corrected chi connectivity index (χ0v) is 10.9. The van der Waals surface area contributed by atoms with Crippen molar-refractivity contribution < 1.29 is 4.74 Å². The number of aromatic nitrogens is 3. The summed E-state index contributed by atoms with van der Waals surface area (Å²) in [6.45, 7) is 0. The SMILES string of the molecule is Cn1cc(Oc2ncc(Br)cc2CCl)cn1. The molecule has 2 heterocycles. The topological polar surface area (TPSA) is 39.9 Å². The van der Waals surface area contributed by atoms with Gasteiger partial charge >= 0.3 is 0 Å². The number of pyridine rings is 1. The molecule has 0 N–H and O–H groups in total. The summed E-state index contributed by atoms with van der Waals surface area (Å²) in [7, 11) is 1.82. The average Bonchev–Trinajstić information content (AvgIpc) is 2.67. The van der Waals surface area contributed by atoms with Crippen LogP contribution in [0.4, 0.5) is 0 Å². The molecule has 0 amide bonds. The molecule has 0 unspecified atom stereocenters. The van der Waals surface area contributed by atoms with Crippen molar-refractivity contribution in [3.8, 4) is 11.6 Å². The molecule has 16 heavy (non-hydrogen) atoms. The van der Waals surface area contributed by atoms with Gasteiger partial charge in [0.05, 0.1) is 18.3 Å². The van der Waals surface area contributed by atoms with Gasteiger partial charge in [-0.1, -0.05) is 0 Å². The highest BCUT2D eigenvalue weighted by molar-refractivity contribution is 9.10. The Hall–Kier alpha value is -1.07. The highest BCUT2D eigenvalue weighted by Gasteiger charge is 2.07. The minimum Gasteiger partial charge on any atom is -0.435 e. The van der Waals surface area contributed by atoms with Crippen LogP contribution in [0.25, 0.3) is 0 Å². The van der Waals surface area contributed by atoms with Crippen molar-refractivity contribution in [2.24, 2.45) is 7.05 Å². The van der Waals surface area contributed by atoms with Gasteiger partial charge in [-0.05, 0) is 22.0 Å². The van der Waals surface area contributed by atoms with Gasteiger partial charge in [0.15, 0.2) is 5.75 Å². The molecule has 0 bridgehead atoms. The van der Waals surface area contributed by atoms with Crippen LogP contribution in [-0.4, -0.2) is 14.8 Å². The second kappa shape index (κ2) is 4.84. The maximum atomic E-state index is 5.81. The predicted octanol–water partition coefficient (Wildman–Crippen LogP) is 3.11. The molecular weight excluding hydrogens is 293 g/mol. The number of alkyl halides is 1. The van der Waals surface area contributed by atoms with Crippen molar-refractivity contribution in [2.75, 3.05) is 0 Å². The van der Waals surface area contributed by atoms with E-state index < -0.39 is 0 Å². The van der Waals surface area contributed by atoms with Crippen molar-refractivity contribution in [1.82, 2.24) is 14.8 Å². The van der Waals surface area contributed by atoms with E-state index in [2.05, 4.69) is 26.0 Å². The second-order valence-electron chi connectivity index (χ2n) is 3.20. The summed E-state index contributed by atoms with van der Waals surface area (Å²) >= 11 is 9.15. The molecule has 0 aromatic carbocycles. The van der Waals surface area contributed by atoms with Crippen LogP contribution < -0.4 is 4.74 Å². The van der Waals surface area contributed by atoms with E-state index >= 15 is 0 Å². The lowest BCUT2D eigenvalue weighted by atomic mass is 10.3. The fourth-order valence-electron chi connectivity index (χ4n) is 1.22. The highest BCUT2D eigenvalue weighted by atomic mass is 79.9. The molecule has 6 heteroatoms. The first-order valence-electron chi connectivity index (χ1n) is 4.56. The van der Waals surface area contributed by atoms with Gasteiger partial charge in [-0.3, -0.25) is 4.68 Å². The molecule has 0 atom stereocenters. The Kier molecular flexibility index (Phi) is 3.46. The summed E-state index contributed by atoms with van der Waals surface area (Å²) in [4.78, 5) is 4.16. The molecule has 0 aliphatic rings. The summed E-state index contributed by atoms with van der Waals surface area (Å²) < 4.78 is 8.11. The van der Waals surface area contributed by atoms with Gasteiger partial charge in [-0.15, -0.1) is 11.6 Å². The Balaban J connectivity index is 2.27. The third-order valence-corrected chi connectivity index (χ3v) is 2.65. The first-order valence-corrected chi connectivity index (χ1v) is 5.88. The first kappa shape index (κ1) is 11.4. The second-order valence-corrected chi connectivity index (χ2v) is 4.39. The molecule has 84 valence electrons.